The standard InChI is InChI=1S/C20H19N3/c1-12-6-7-16(8-13(12)2)23-20-17-9-14(3)15(4)10-18(17)22-11-19(20)21-5/h6-11H,1-4H3,(H,22,23). The van der Waals surface area contributed by atoms with Crippen LogP contribution >= 0.6 is 0 Å². The van der Waals surface area contributed by atoms with Crippen LogP contribution in [0.15, 0.2) is 36.5 Å². The molecule has 0 aliphatic carbocycles. The highest BCUT2D eigenvalue weighted by molar-refractivity contribution is 6.00. The van der Waals surface area contributed by atoms with Gasteiger partial charge in [0.25, 0.3) is 0 Å². The van der Waals surface area contributed by atoms with Gasteiger partial charge in [0.1, 0.15) is 0 Å². The van der Waals surface area contributed by atoms with Crippen molar-refractivity contribution in [1.29, 1.82) is 0 Å². The third kappa shape index (κ3) is 2.76. The first-order chi connectivity index (χ1) is 11.0. The van der Waals surface area contributed by atoms with E-state index in [9.17, 15) is 0 Å². The van der Waals surface area contributed by atoms with Gasteiger partial charge in [-0.1, -0.05) is 6.07 Å². The Morgan fingerprint density at radius 2 is 1.61 bits per heavy atom. The Bertz CT molecular complexity index is 949. The van der Waals surface area contributed by atoms with Gasteiger partial charge in [-0.2, -0.15) is 0 Å². The number of nitrogens with one attached hydrogen (secondary N) is 1. The highest BCUT2D eigenvalue weighted by Gasteiger charge is 2.11. The molecule has 3 nitrogen and oxygen atoms in total. The van der Waals surface area contributed by atoms with Crippen molar-refractivity contribution in [2.24, 2.45) is 0 Å². The number of hydrogen-bond donors (Lipinski definition) is 1. The Morgan fingerprint density at radius 3 is 2.30 bits per heavy atom. The van der Waals surface area contributed by atoms with Crippen molar-refractivity contribution in [2.75, 3.05) is 5.32 Å². The van der Waals surface area contributed by atoms with Crippen LogP contribution in [0.2, 0.25) is 0 Å². The number of benzene rings is 2. The van der Waals surface area contributed by atoms with Gasteiger partial charge in [0.15, 0.2) is 0 Å². The van der Waals surface area contributed by atoms with Crippen LogP contribution in [-0.2, 0) is 0 Å². The zero-order chi connectivity index (χ0) is 16.6. The molecule has 114 valence electrons. The fraction of sp³-hybridized carbons (Fsp3) is 0.200. The lowest BCUT2D eigenvalue weighted by atomic mass is 10.0. The maximum atomic E-state index is 7.44. The molecule has 0 unspecified atom stereocenters. The first kappa shape index (κ1) is 15.1. The molecule has 0 saturated carbocycles. The fourth-order valence-corrected chi connectivity index (χ4v) is 2.62. The third-order valence-corrected chi connectivity index (χ3v) is 4.36. The molecule has 3 aromatic rings. The second-order valence-corrected chi connectivity index (χ2v) is 6.01. The predicted molar refractivity (Wildman–Crippen MR) is 96.7 cm³/mol. The summed E-state index contributed by atoms with van der Waals surface area (Å²) in [6, 6.07) is 10.4. The number of aromatic nitrogens is 1. The summed E-state index contributed by atoms with van der Waals surface area (Å²) in [7, 11) is 0. The SMILES string of the molecule is [C-]#[N+]c1cnc2cc(C)c(C)cc2c1Nc1ccc(C)c(C)c1. The zero-order valence-corrected chi connectivity index (χ0v) is 13.9. The van der Waals surface area contributed by atoms with E-state index in [2.05, 4.69) is 67.1 Å². The average Bonchev–Trinajstić information content (AvgIpc) is 2.53. The minimum atomic E-state index is 0.541. The van der Waals surface area contributed by atoms with Crippen LogP contribution in [0.25, 0.3) is 15.7 Å². The second kappa shape index (κ2) is 5.73. The van der Waals surface area contributed by atoms with Gasteiger partial charge in [-0.05, 0) is 74.2 Å². The number of pyridine rings is 1. The van der Waals surface area contributed by atoms with E-state index in [4.69, 9.17) is 6.57 Å². The summed E-state index contributed by atoms with van der Waals surface area (Å²) in [5.41, 5.74) is 8.16. The summed E-state index contributed by atoms with van der Waals surface area (Å²) < 4.78 is 0. The summed E-state index contributed by atoms with van der Waals surface area (Å²) >= 11 is 0. The molecule has 23 heavy (non-hydrogen) atoms. The fourth-order valence-electron chi connectivity index (χ4n) is 2.62. The smallest absolute Gasteiger partial charge is 0.228 e. The van der Waals surface area contributed by atoms with Gasteiger partial charge in [0, 0.05) is 17.3 Å². The minimum Gasteiger partial charge on any atom is -0.364 e. The van der Waals surface area contributed by atoms with Crippen molar-refractivity contribution in [1.82, 2.24) is 4.98 Å². The molecule has 1 aromatic heterocycles. The Labute approximate surface area is 136 Å². The zero-order valence-electron chi connectivity index (χ0n) is 13.9. The normalized spacial score (nSPS) is 10.6. The van der Waals surface area contributed by atoms with Gasteiger partial charge in [-0.25, -0.2) is 4.85 Å². The Kier molecular flexibility index (Phi) is 3.75. The van der Waals surface area contributed by atoms with E-state index >= 15 is 0 Å². The summed E-state index contributed by atoms with van der Waals surface area (Å²) in [5, 5.41) is 4.41. The molecule has 0 spiro atoms. The van der Waals surface area contributed by atoms with Gasteiger partial charge < -0.3 is 5.32 Å². The summed E-state index contributed by atoms with van der Waals surface area (Å²) in [6.45, 7) is 15.8. The van der Waals surface area contributed by atoms with Gasteiger partial charge >= 0.3 is 0 Å². The molecule has 0 bridgehead atoms. The monoisotopic (exact) mass is 301 g/mol. The van der Waals surface area contributed by atoms with E-state index in [1.165, 1.54) is 22.3 Å². The molecule has 3 heteroatoms. The lowest BCUT2D eigenvalue weighted by molar-refractivity contribution is 1.32. The second-order valence-electron chi connectivity index (χ2n) is 6.01. The van der Waals surface area contributed by atoms with Gasteiger partial charge in [0.05, 0.1) is 17.8 Å². The highest BCUT2D eigenvalue weighted by Crippen LogP contribution is 2.36. The Morgan fingerprint density at radius 1 is 0.913 bits per heavy atom. The van der Waals surface area contributed by atoms with Crippen LogP contribution in [0.1, 0.15) is 22.3 Å². The Balaban J connectivity index is 2.19. The van der Waals surface area contributed by atoms with Crippen LogP contribution in [0.5, 0.6) is 0 Å². The maximum absolute atomic E-state index is 7.44. The van der Waals surface area contributed by atoms with E-state index in [-0.39, 0.29) is 0 Å². The van der Waals surface area contributed by atoms with Crippen LogP contribution in [0.3, 0.4) is 0 Å². The molecule has 0 radical (unpaired) electrons. The summed E-state index contributed by atoms with van der Waals surface area (Å²) in [5.74, 6) is 0. The molecule has 1 heterocycles. The van der Waals surface area contributed by atoms with E-state index in [1.54, 1.807) is 6.20 Å². The number of fused-ring (bicyclic) bond motifs is 1. The molecule has 0 amide bonds. The van der Waals surface area contributed by atoms with Gasteiger partial charge in [-0.15, -0.1) is 0 Å². The first-order valence-corrected chi connectivity index (χ1v) is 7.61. The topological polar surface area (TPSA) is 29.3 Å². The molecule has 2 aromatic carbocycles. The molecule has 0 saturated heterocycles. The van der Waals surface area contributed by atoms with Crippen molar-refractivity contribution < 1.29 is 0 Å². The van der Waals surface area contributed by atoms with E-state index in [0.29, 0.717) is 5.69 Å². The van der Waals surface area contributed by atoms with E-state index in [1.807, 2.05) is 6.07 Å². The first-order valence-electron chi connectivity index (χ1n) is 7.61. The molecular weight excluding hydrogens is 282 g/mol. The van der Waals surface area contributed by atoms with Crippen molar-refractivity contribution in [3.63, 3.8) is 0 Å². The average molecular weight is 301 g/mol. The maximum Gasteiger partial charge on any atom is 0.228 e. The number of aryl methyl sites for hydroxylation is 4. The molecule has 0 aliphatic rings. The quantitative estimate of drug-likeness (QED) is 0.609. The van der Waals surface area contributed by atoms with Crippen LogP contribution in [0, 0.1) is 34.3 Å². The van der Waals surface area contributed by atoms with Crippen molar-refractivity contribution >= 4 is 28.0 Å². The Hall–Kier alpha value is -2.86. The van der Waals surface area contributed by atoms with Crippen LogP contribution < -0.4 is 5.32 Å². The van der Waals surface area contributed by atoms with Crippen molar-refractivity contribution in [3.05, 3.63) is 70.2 Å². The van der Waals surface area contributed by atoms with E-state index in [0.717, 1.165) is 22.3 Å². The largest absolute Gasteiger partial charge is 0.364 e. The molecule has 1 N–H and O–H groups in total. The molecular formula is C20H19N3. The van der Waals surface area contributed by atoms with Gasteiger partial charge in [-0.3, -0.25) is 4.98 Å². The van der Waals surface area contributed by atoms with E-state index < -0.39 is 0 Å². The molecule has 3 rings (SSSR count). The predicted octanol–water partition coefficient (Wildman–Crippen LogP) is 5.76. The van der Waals surface area contributed by atoms with Crippen LogP contribution in [-0.4, -0.2) is 4.98 Å². The number of nitrogens with zero attached hydrogens (tertiary/aromatic N) is 2. The number of rotatable bonds is 2. The lowest BCUT2D eigenvalue weighted by Gasteiger charge is -2.14. The third-order valence-electron chi connectivity index (χ3n) is 4.36. The number of hydrogen-bond acceptors (Lipinski definition) is 2. The molecule has 0 atom stereocenters. The highest BCUT2D eigenvalue weighted by atomic mass is 14.9. The minimum absolute atomic E-state index is 0.541. The van der Waals surface area contributed by atoms with Crippen molar-refractivity contribution in [3.8, 4) is 0 Å². The molecule has 0 aliphatic heterocycles. The lowest BCUT2D eigenvalue weighted by Crippen LogP contribution is -1.95. The van der Waals surface area contributed by atoms with Gasteiger partial charge in [0.2, 0.25) is 5.69 Å². The van der Waals surface area contributed by atoms with Crippen molar-refractivity contribution in [2.45, 2.75) is 27.7 Å². The molecule has 0 fully saturated rings. The van der Waals surface area contributed by atoms with Crippen LogP contribution in [0.4, 0.5) is 17.1 Å². The number of anilines is 2. The summed E-state index contributed by atoms with van der Waals surface area (Å²) in [4.78, 5) is 8.07. The summed E-state index contributed by atoms with van der Waals surface area (Å²) in [6.07, 6.45) is 1.65.